The van der Waals surface area contributed by atoms with Crippen molar-refractivity contribution in [3.8, 4) is 0 Å². The lowest BCUT2D eigenvalue weighted by Gasteiger charge is -2.18. The summed E-state index contributed by atoms with van der Waals surface area (Å²) in [6.45, 7) is 0. The molecule has 0 aliphatic rings. The molecule has 11 heteroatoms. The molecule has 35 heavy (non-hydrogen) atoms. The maximum Gasteiger partial charge on any atom is 0.247 e. The van der Waals surface area contributed by atoms with E-state index in [4.69, 9.17) is 29.0 Å². The maximum absolute atomic E-state index is 13.0. The van der Waals surface area contributed by atoms with Gasteiger partial charge in [-0.25, -0.2) is 10.8 Å². The molecular weight excluding hydrogens is 468 g/mol. The third kappa shape index (κ3) is 7.56. The smallest absolute Gasteiger partial charge is 0.247 e. The summed E-state index contributed by atoms with van der Waals surface area (Å²) in [5.41, 5.74) is 8.00. The first-order chi connectivity index (χ1) is 16.9. The number of carbonyl (C=O) groups excluding carboxylic acids is 2. The van der Waals surface area contributed by atoms with Crippen LogP contribution in [0.4, 0.5) is 17.2 Å². The highest BCUT2D eigenvalue weighted by molar-refractivity contribution is 6.30. The van der Waals surface area contributed by atoms with Crippen molar-refractivity contribution in [3.63, 3.8) is 0 Å². The summed E-state index contributed by atoms with van der Waals surface area (Å²) in [7, 11) is 0. The molecule has 0 radical (unpaired) electrons. The normalized spacial score (nSPS) is 11.9. The van der Waals surface area contributed by atoms with Crippen molar-refractivity contribution in [1.29, 1.82) is 0 Å². The van der Waals surface area contributed by atoms with Gasteiger partial charge in [0, 0.05) is 23.1 Å². The van der Waals surface area contributed by atoms with Crippen molar-refractivity contribution in [1.82, 2.24) is 10.3 Å². The second kappa shape index (κ2) is 12.2. The van der Waals surface area contributed by atoms with Crippen molar-refractivity contribution >= 4 is 53.0 Å². The van der Waals surface area contributed by atoms with Gasteiger partial charge in [0.2, 0.25) is 11.8 Å². The summed E-state index contributed by atoms with van der Waals surface area (Å²) in [5, 5.41) is 10.5. The second-order valence-corrected chi connectivity index (χ2v) is 7.86. The van der Waals surface area contributed by atoms with Crippen molar-refractivity contribution < 1.29 is 9.59 Å². The number of hydrazone groups is 1. The highest BCUT2D eigenvalue weighted by atomic mass is 35.5. The van der Waals surface area contributed by atoms with E-state index in [0.29, 0.717) is 27.8 Å². The Balaban J connectivity index is 1.78. The molecule has 2 aromatic carbocycles. The van der Waals surface area contributed by atoms with E-state index < -0.39 is 17.9 Å². The first kappa shape index (κ1) is 25.2. The van der Waals surface area contributed by atoms with Crippen LogP contribution in [0.15, 0.2) is 78.0 Å². The van der Waals surface area contributed by atoms with Gasteiger partial charge in [0.15, 0.2) is 0 Å². The quantitative estimate of drug-likeness (QED) is 0.100. The second-order valence-electron chi connectivity index (χ2n) is 7.42. The molecule has 1 aromatic heterocycles. The minimum Gasteiger partial charge on any atom is -0.384 e. The Morgan fingerprint density at radius 1 is 1.14 bits per heavy atom. The van der Waals surface area contributed by atoms with Crippen LogP contribution in [0.25, 0.3) is 6.08 Å². The first-order valence-corrected chi connectivity index (χ1v) is 10.8. The van der Waals surface area contributed by atoms with Gasteiger partial charge in [-0.1, -0.05) is 41.9 Å². The molecule has 0 saturated heterocycles. The maximum atomic E-state index is 13.0. The average Bonchev–Trinajstić information content (AvgIpc) is 2.84. The Morgan fingerprint density at radius 2 is 1.91 bits per heavy atom. The van der Waals surface area contributed by atoms with Crippen molar-refractivity contribution in [2.75, 3.05) is 16.1 Å². The number of anilines is 3. The lowest BCUT2D eigenvalue weighted by molar-refractivity contribution is -0.123. The summed E-state index contributed by atoms with van der Waals surface area (Å²) < 4.78 is 0. The molecule has 3 rings (SSSR count). The molecule has 1 unspecified atom stereocenters. The standard InChI is InChI=1S/C24H25ClN8O2/c25-18-7-9-21(33(28)15-30-27)17(13-18)6-11-23(34)32-20(12-16-4-2-1-3-5-16)24(35)31-19-8-10-22(26)29-14-19/h1-11,13-15,20H,12,27-28H2,(H2,26,29)(H,31,35)(H,32,34)/b11-6+,30-15-. The number of hydrogen-bond donors (Lipinski definition) is 5. The highest BCUT2D eigenvalue weighted by Gasteiger charge is 2.21. The number of nitrogen functional groups attached to an aromatic ring is 1. The van der Waals surface area contributed by atoms with Crippen molar-refractivity contribution in [2.24, 2.45) is 16.8 Å². The van der Waals surface area contributed by atoms with E-state index in [2.05, 4.69) is 20.7 Å². The molecule has 0 fully saturated rings. The third-order valence-corrected chi connectivity index (χ3v) is 5.08. The molecule has 0 aliphatic carbocycles. The Kier molecular flexibility index (Phi) is 8.76. The fourth-order valence-corrected chi connectivity index (χ4v) is 3.36. The number of aromatic nitrogens is 1. The lowest BCUT2D eigenvalue weighted by Crippen LogP contribution is -2.44. The highest BCUT2D eigenvalue weighted by Crippen LogP contribution is 2.23. The first-order valence-electron chi connectivity index (χ1n) is 10.5. The zero-order valence-electron chi connectivity index (χ0n) is 18.6. The van der Waals surface area contributed by atoms with Gasteiger partial charge < -0.3 is 22.2 Å². The number of hydrazine groups is 1. The van der Waals surface area contributed by atoms with Gasteiger partial charge in [-0.3, -0.25) is 14.6 Å². The minimum absolute atomic E-state index is 0.278. The largest absolute Gasteiger partial charge is 0.384 e. The van der Waals surface area contributed by atoms with Crippen LogP contribution in [0.2, 0.25) is 5.02 Å². The molecular formula is C24H25ClN8O2. The lowest BCUT2D eigenvalue weighted by atomic mass is 10.0. The summed E-state index contributed by atoms with van der Waals surface area (Å²) in [6, 6.07) is 16.6. The van der Waals surface area contributed by atoms with Crippen molar-refractivity contribution in [2.45, 2.75) is 12.5 Å². The summed E-state index contributed by atoms with van der Waals surface area (Å²) in [5.74, 6) is 10.5. The Bertz CT molecular complexity index is 1220. The fourth-order valence-electron chi connectivity index (χ4n) is 3.18. The molecule has 0 aliphatic heterocycles. The number of rotatable bonds is 9. The van der Waals surface area contributed by atoms with Gasteiger partial charge in [0.25, 0.3) is 0 Å². The van der Waals surface area contributed by atoms with Crippen LogP contribution in [0, 0.1) is 0 Å². The number of benzene rings is 2. The van der Waals surface area contributed by atoms with Crippen LogP contribution in [-0.4, -0.2) is 29.2 Å². The number of halogens is 1. The van der Waals surface area contributed by atoms with E-state index in [1.165, 1.54) is 29.7 Å². The fraction of sp³-hybridized carbons (Fsp3) is 0.0833. The van der Waals surface area contributed by atoms with E-state index in [1.807, 2.05) is 30.3 Å². The minimum atomic E-state index is -0.860. The molecule has 8 N–H and O–H groups in total. The molecule has 0 bridgehead atoms. The SMILES string of the molecule is N/N=C\N(N)c1ccc(Cl)cc1/C=C/C(=O)NC(Cc1ccccc1)C(=O)Nc1ccc(N)nc1. The van der Waals surface area contributed by atoms with Crippen LogP contribution in [-0.2, 0) is 16.0 Å². The van der Waals surface area contributed by atoms with Crippen LogP contribution in [0.5, 0.6) is 0 Å². The van der Waals surface area contributed by atoms with E-state index in [1.54, 1.807) is 30.3 Å². The summed E-state index contributed by atoms with van der Waals surface area (Å²) >= 11 is 6.10. The molecule has 2 amide bonds. The molecule has 0 spiro atoms. The van der Waals surface area contributed by atoms with Gasteiger partial charge in [0.1, 0.15) is 18.2 Å². The number of carbonyl (C=O) groups is 2. The number of nitrogens with zero attached hydrogens (tertiary/aromatic N) is 3. The molecule has 1 heterocycles. The zero-order chi connectivity index (χ0) is 25.2. The number of pyridine rings is 1. The van der Waals surface area contributed by atoms with Crippen LogP contribution in [0.1, 0.15) is 11.1 Å². The predicted molar refractivity (Wildman–Crippen MR) is 139 cm³/mol. The zero-order valence-corrected chi connectivity index (χ0v) is 19.4. The van der Waals surface area contributed by atoms with Gasteiger partial charge in [-0.05, 0) is 42.0 Å². The Morgan fingerprint density at radius 3 is 2.60 bits per heavy atom. The number of nitrogens with two attached hydrogens (primary N) is 3. The topological polar surface area (TPSA) is 165 Å². The predicted octanol–water partition coefficient (Wildman–Crippen LogP) is 2.28. The van der Waals surface area contributed by atoms with E-state index >= 15 is 0 Å². The molecule has 3 aromatic rings. The Hall–Kier alpha value is -4.41. The number of amides is 2. The average molecular weight is 493 g/mol. The van der Waals surface area contributed by atoms with E-state index in [9.17, 15) is 9.59 Å². The summed E-state index contributed by atoms with van der Waals surface area (Å²) in [4.78, 5) is 29.7. The molecule has 10 nitrogen and oxygen atoms in total. The van der Waals surface area contributed by atoms with Gasteiger partial charge in [-0.2, -0.15) is 5.10 Å². The summed E-state index contributed by atoms with van der Waals surface area (Å²) in [6.07, 6.45) is 5.76. The third-order valence-electron chi connectivity index (χ3n) is 4.84. The molecule has 0 saturated carbocycles. The van der Waals surface area contributed by atoms with E-state index in [-0.39, 0.29) is 6.42 Å². The van der Waals surface area contributed by atoms with Crippen LogP contribution < -0.4 is 33.1 Å². The Labute approximate surface area is 207 Å². The van der Waals surface area contributed by atoms with Gasteiger partial charge in [0.05, 0.1) is 17.6 Å². The monoisotopic (exact) mass is 492 g/mol. The van der Waals surface area contributed by atoms with Gasteiger partial charge >= 0.3 is 0 Å². The van der Waals surface area contributed by atoms with Crippen LogP contribution >= 0.6 is 11.6 Å². The number of nitrogens with one attached hydrogen (secondary N) is 2. The van der Waals surface area contributed by atoms with Crippen LogP contribution in [0.3, 0.4) is 0 Å². The molecule has 180 valence electrons. The van der Waals surface area contributed by atoms with E-state index in [0.717, 1.165) is 5.56 Å². The molecule has 1 atom stereocenters. The van der Waals surface area contributed by atoms with Gasteiger partial charge in [-0.15, -0.1) is 0 Å². The van der Waals surface area contributed by atoms with Crippen molar-refractivity contribution in [3.05, 3.63) is 89.1 Å². The number of hydrogen-bond acceptors (Lipinski definition) is 7.